The number of hydrogen-bond donors (Lipinski definition) is 1. The smallest absolute Gasteiger partial charge is 0.350 e. The number of benzene rings is 2. The fourth-order valence-corrected chi connectivity index (χ4v) is 3.53. The highest BCUT2D eigenvalue weighted by Crippen LogP contribution is 2.39. The van der Waals surface area contributed by atoms with E-state index >= 15 is 0 Å². The summed E-state index contributed by atoms with van der Waals surface area (Å²) >= 11 is 11.9. The largest absolute Gasteiger partial charge is 0.350 e. The minimum atomic E-state index is -0.320. The fraction of sp³-hybridized carbons (Fsp3) is 0.250. The average molecular weight is 417 g/mol. The highest BCUT2D eigenvalue weighted by molar-refractivity contribution is 6.36. The Morgan fingerprint density at radius 1 is 1.14 bits per heavy atom. The van der Waals surface area contributed by atoms with Gasteiger partial charge in [0.2, 0.25) is 0 Å². The van der Waals surface area contributed by atoms with Crippen molar-refractivity contribution in [1.29, 1.82) is 0 Å². The lowest BCUT2D eigenvalue weighted by atomic mass is 10.2. The van der Waals surface area contributed by atoms with Gasteiger partial charge in [0.1, 0.15) is 5.82 Å². The van der Waals surface area contributed by atoms with Gasteiger partial charge in [-0.15, -0.1) is 0 Å². The van der Waals surface area contributed by atoms with Crippen molar-refractivity contribution in [2.75, 3.05) is 6.54 Å². The second-order valence-corrected chi connectivity index (χ2v) is 7.53. The predicted octanol–water partition coefficient (Wildman–Crippen LogP) is 3.65. The van der Waals surface area contributed by atoms with Gasteiger partial charge in [0.25, 0.3) is 5.91 Å². The van der Waals surface area contributed by atoms with Crippen LogP contribution in [-0.4, -0.2) is 26.8 Å². The molecule has 1 aliphatic carbocycles. The van der Waals surface area contributed by atoms with Crippen molar-refractivity contribution in [3.63, 3.8) is 0 Å². The number of carbonyl (C=O) groups is 1. The zero-order valence-corrected chi connectivity index (χ0v) is 16.5. The minimum absolute atomic E-state index is 0.202. The maximum Gasteiger partial charge on any atom is 0.350 e. The van der Waals surface area contributed by atoms with E-state index in [4.69, 9.17) is 23.2 Å². The molecule has 1 heterocycles. The molecule has 0 spiro atoms. The van der Waals surface area contributed by atoms with Crippen LogP contribution in [-0.2, 0) is 6.54 Å². The van der Waals surface area contributed by atoms with Crippen LogP contribution in [0, 0.1) is 0 Å². The molecule has 0 atom stereocenters. The molecule has 1 N–H and O–H groups in total. The molecule has 0 radical (unpaired) electrons. The Morgan fingerprint density at radius 2 is 1.89 bits per heavy atom. The van der Waals surface area contributed by atoms with Crippen LogP contribution in [0.3, 0.4) is 0 Å². The van der Waals surface area contributed by atoms with Gasteiger partial charge in [-0.3, -0.25) is 4.79 Å². The van der Waals surface area contributed by atoms with Gasteiger partial charge < -0.3 is 5.32 Å². The van der Waals surface area contributed by atoms with Gasteiger partial charge in [-0.1, -0.05) is 41.4 Å². The van der Waals surface area contributed by atoms with Crippen LogP contribution in [0.15, 0.2) is 53.3 Å². The summed E-state index contributed by atoms with van der Waals surface area (Å²) in [4.78, 5) is 25.2. The molecule has 1 saturated carbocycles. The average Bonchev–Trinajstić information content (AvgIpc) is 3.47. The summed E-state index contributed by atoms with van der Waals surface area (Å²) < 4.78 is 3.07. The van der Waals surface area contributed by atoms with Crippen molar-refractivity contribution in [3.8, 4) is 5.69 Å². The van der Waals surface area contributed by atoms with Gasteiger partial charge in [0.05, 0.1) is 22.8 Å². The second kappa shape index (κ2) is 7.81. The number of nitrogens with zero attached hydrogens (tertiary/aromatic N) is 3. The number of nitrogens with one attached hydrogen (secondary N) is 1. The highest BCUT2D eigenvalue weighted by Gasteiger charge is 2.31. The number of amides is 1. The van der Waals surface area contributed by atoms with Crippen molar-refractivity contribution in [3.05, 3.63) is 80.4 Å². The van der Waals surface area contributed by atoms with E-state index in [1.165, 1.54) is 10.7 Å². The Labute approximate surface area is 171 Å². The van der Waals surface area contributed by atoms with Gasteiger partial charge in [0.15, 0.2) is 0 Å². The first kappa shape index (κ1) is 18.8. The quantitative estimate of drug-likeness (QED) is 0.666. The van der Waals surface area contributed by atoms with E-state index in [-0.39, 0.29) is 29.7 Å². The van der Waals surface area contributed by atoms with E-state index in [9.17, 15) is 9.59 Å². The lowest BCUT2D eigenvalue weighted by Gasteiger charge is -2.06. The zero-order chi connectivity index (χ0) is 19.7. The zero-order valence-electron chi connectivity index (χ0n) is 14.9. The Bertz CT molecular complexity index is 1070. The molecule has 4 rings (SSSR count). The molecule has 0 aliphatic heterocycles. The summed E-state index contributed by atoms with van der Waals surface area (Å²) in [6.45, 7) is 0.531. The SMILES string of the molecule is O=C(NCCn1nc(C2CC2)n(-c2ccccc2)c1=O)c1ccc(Cl)cc1Cl. The van der Waals surface area contributed by atoms with Crippen LogP contribution in [0.5, 0.6) is 0 Å². The molecule has 0 unspecified atom stereocenters. The molecular formula is C20H18Cl2N4O2. The predicted molar refractivity (Wildman–Crippen MR) is 109 cm³/mol. The molecule has 1 fully saturated rings. The number of aromatic nitrogens is 3. The minimum Gasteiger partial charge on any atom is -0.350 e. The lowest BCUT2D eigenvalue weighted by Crippen LogP contribution is -2.32. The monoisotopic (exact) mass is 416 g/mol. The first-order valence-corrected chi connectivity index (χ1v) is 9.78. The van der Waals surface area contributed by atoms with Crippen LogP contribution in [0.1, 0.15) is 34.9 Å². The molecule has 1 aliphatic rings. The summed E-state index contributed by atoms with van der Waals surface area (Å²) in [5.74, 6) is 0.777. The molecule has 1 amide bonds. The molecule has 6 nitrogen and oxygen atoms in total. The fourth-order valence-electron chi connectivity index (χ4n) is 3.04. The number of carbonyl (C=O) groups excluding carboxylic acids is 1. The van der Waals surface area contributed by atoms with Gasteiger partial charge in [-0.05, 0) is 43.2 Å². The molecular weight excluding hydrogens is 399 g/mol. The third kappa shape index (κ3) is 3.84. The van der Waals surface area contributed by atoms with E-state index < -0.39 is 0 Å². The first-order chi connectivity index (χ1) is 13.5. The van der Waals surface area contributed by atoms with Gasteiger partial charge in [0, 0.05) is 17.5 Å². The molecule has 28 heavy (non-hydrogen) atoms. The van der Waals surface area contributed by atoms with E-state index in [2.05, 4.69) is 10.4 Å². The molecule has 144 valence electrons. The number of hydrogen-bond acceptors (Lipinski definition) is 3. The Hall–Kier alpha value is -2.57. The van der Waals surface area contributed by atoms with Crippen molar-refractivity contribution in [2.45, 2.75) is 25.3 Å². The molecule has 8 heteroatoms. The Kier molecular flexibility index (Phi) is 5.24. The Balaban J connectivity index is 1.50. The van der Waals surface area contributed by atoms with Crippen LogP contribution in [0.4, 0.5) is 0 Å². The van der Waals surface area contributed by atoms with Crippen LogP contribution < -0.4 is 11.0 Å². The summed E-state index contributed by atoms with van der Waals surface area (Å²) in [5.41, 5.74) is 0.941. The molecule has 3 aromatic rings. The maximum absolute atomic E-state index is 12.9. The van der Waals surface area contributed by atoms with Crippen molar-refractivity contribution >= 4 is 29.1 Å². The molecule has 1 aromatic heterocycles. The third-order valence-electron chi connectivity index (χ3n) is 4.61. The van der Waals surface area contributed by atoms with E-state index in [1.54, 1.807) is 16.7 Å². The topological polar surface area (TPSA) is 68.9 Å². The van der Waals surface area contributed by atoms with Crippen LogP contribution >= 0.6 is 23.2 Å². The summed E-state index contributed by atoms with van der Waals surface area (Å²) in [5, 5.41) is 8.04. The molecule has 0 bridgehead atoms. The molecule has 0 saturated heterocycles. The number of halogens is 2. The van der Waals surface area contributed by atoms with E-state index in [1.807, 2.05) is 30.3 Å². The second-order valence-electron chi connectivity index (χ2n) is 6.69. The highest BCUT2D eigenvalue weighted by atomic mass is 35.5. The summed E-state index contributed by atoms with van der Waals surface area (Å²) in [6, 6.07) is 14.2. The van der Waals surface area contributed by atoms with Crippen molar-refractivity contribution in [2.24, 2.45) is 0 Å². The number of rotatable bonds is 6. The van der Waals surface area contributed by atoms with Crippen molar-refractivity contribution < 1.29 is 4.79 Å². The normalized spacial score (nSPS) is 13.5. The van der Waals surface area contributed by atoms with E-state index in [0.29, 0.717) is 16.5 Å². The standard InChI is InChI=1S/C20H18Cl2N4O2/c21-14-8-9-16(17(22)12-14)19(27)23-10-11-25-20(28)26(15-4-2-1-3-5-15)18(24-25)13-6-7-13/h1-5,8-9,12-13H,6-7,10-11H2,(H,23,27). The number of para-hydroxylation sites is 1. The third-order valence-corrected chi connectivity index (χ3v) is 5.15. The van der Waals surface area contributed by atoms with Crippen LogP contribution in [0.25, 0.3) is 5.69 Å². The first-order valence-electron chi connectivity index (χ1n) is 9.03. The molecule has 2 aromatic carbocycles. The van der Waals surface area contributed by atoms with Crippen molar-refractivity contribution in [1.82, 2.24) is 19.7 Å². The summed E-state index contributed by atoms with van der Waals surface area (Å²) in [7, 11) is 0. The summed E-state index contributed by atoms with van der Waals surface area (Å²) in [6.07, 6.45) is 2.07. The van der Waals surface area contributed by atoms with Gasteiger partial charge in [-0.25, -0.2) is 14.0 Å². The Morgan fingerprint density at radius 3 is 2.57 bits per heavy atom. The van der Waals surface area contributed by atoms with Gasteiger partial charge in [-0.2, -0.15) is 5.10 Å². The van der Waals surface area contributed by atoms with E-state index in [0.717, 1.165) is 24.4 Å². The maximum atomic E-state index is 12.9. The lowest BCUT2D eigenvalue weighted by molar-refractivity contribution is 0.0952. The van der Waals surface area contributed by atoms with Gasteiger partial charge >= 0.3 is 5.69 Å². The van der Waals surface area contributed by atoms with Crippen LogP contribution in [0.2, 0.25) is 10.0 Å².